The smallest absolute Gasteiger partial charge is 0.574 e. The number of hydrogen-bond donors (Lipinski definition) is 0. The number of nitrogens with zero attached hydrogens (tertiary/aromatic N) is 8. The number of aryl methyl sites for hydroxylation is 2. The number of rotatable bonds is 4. The van der Waals surface area contributed by atoms with Crippen molar-refractivity contribution >= 4 is 0 Å². The van der Waals surface area contributed by atoms with Gasteiger partial charge < -0.3 is 10.2 Å². The molecule has 0 saturated carbocycles. The Hall–Kier alpha value is -4.54. The Morgan fingerprint density at radius 3 is 1.39 bits per heavy atom. The van der Waals surface area contributed by atoms with Crippen LogP contribution in [0.5, 0.6) is 0 Å². The van der Waals surface area contributed by atoms with Gasteiger partial charge in [0.25, 0.3) is 0 Å². The van der Waals surface area contributed by atoms with Crippen molar-refractivity contribution in [1.82, 2.24) is 39.9 Å². The third-order valence-electron chi connectivity index (χ3n) is 9.18. The summed E-state index contributed by atoms with van der Waals surface area (Å²) in [7, 11) is 1.28. The summed E-state index contributed by atoms with van der Waals surface area (Å²) in [5, 5.41) is 12.4. The maximum absolute atomic E-state index is 13.2. The van der Waals surface area contributed by atoms with Gasteiger partial charge in [-0.25, -0.2) is 0 Å². The molecule has 0 N–H and O–H groups in total. The molecule has 0 saturated heterocycles. The van der Waals surface area contributed by atoms with Gasteiger partial charge in [-0.15, -0.1) is 70.8 Å². The minimum absolute atomic E-state index is 0. The Balaban J connectivity index is 0.000000251. The van der Waals surface area contributed by atoms with E-state index in [0.717, 1.165) is 50.3 Å². The van der Waals surface area contributed by atoms with Crippen molar-refractivity contribution in [3.05, 3.63) is 107 Å². The van der Waals surface area contributed by atoms with Crippen molar-refractivity contribution in [3.63, 3.8) is 0 Å². The average Bonchev–Trinajstić information content (AvgIpc) is 3.72. The Morgan fingerprint density at radius 2 is 1.04 bits per heavy atom. The minimum atomic E-state index is -4.49. The molecule has 6 rings (SSSR count). The molecular weight excluding hydrogens is 902 g/mol. The second-order valence-electron chi connectivity index (χ2n) is 18.3. The molecular formula is C45H52F3IrN8. The fraction of sp³-hybridized carbons (Fsp3) is 0.422. The van der Waals surface area contributed by atoms with Crippen molar-refractivity contribution in [2.45, 2.75) is 118 Å². The van der Waals surface area contributed by atoms with Crippen molar-refractivity contribution in [2.24, 2.45) is 7.05 Å². The molecule has 0 aliphatic carbocycles. The normalized spacial score (nSPS) is 12.5. The largest absolute Gasteiger partial charge is 3.00 e. The zero-order valence-corrected chi connectivity index (χ0v) is 37.7. The molecule has 0 atom stereocenters. The van der Waals surface area contributed by atoms with Crippen LogP contribution in [0, 0.1) is 19.1 Å². The van der Waals surface area contributed by atoms with E-state index in [2.05, 4.69) is 106 Å². The van der Waals surface area contributed by atoms with E-state index in [1.165, 1.54) is 12.6 Å². The quantitative estimate of drug-likeness (QED) is 0.162. The van der Waals surface area contributed by atoms with E-state index in [-0.39, 0.29) is 47.5 Å². The second-order valence-corrected chi connectivity index (χ2v) is 18.3. The van der Waals surface area contributed by atoms with Crippen LogP contribution in [0.3, 0.4) is 0 Å². The molecule has 0 spiro atoms. The van der Waals surface area contributed by atoms with E-state index in [1.807, 2.05) is 70.2 Å². The zero-order valence-electron chi connectivity index (χ0n) is 35.3. The van der Waals surface area contributed by atoms with Crippen LogP contribution in [0.15, 0.2) is 60.7 Å². The number of benzene rings is 2. The van der Waals surface area contributed by atoms with Gasteiger partial charge in [0, 0.05) is 40.7 Å². The van der Waals surface area contributed by atoms with Crippen molar-refractivity contribution in [3.8, 4) is 45.6 Å². The molecule has 0 radical (unpaired) electrons. The van der Waals surface area contributed by atoms with E-state index in [1.54, 1.807) is 6.07 Å². The van der Waals surface area contributed by atoms with Crippen LogP contribution in [0.1, 0.15) is 117 Å². The van der Waals surface area contributed by atoms with Crippen LogP contribution < -0.4 is 5.10 Å². The average molecular weight is 954 g/mol. The molecule has 0 aliphatic rings. The van der Waals surface area contributed by atoms with Gasteiger partial charge in [0.05, 0.1) is 17.3 Å². The zero-order chi connectivity index (χ0) is 41.6. The Bertz CT molecular complexity index is 2290. The summed E-state index contributed by atoms with van der Waals surface area (Å²) in [5.41, 5.74) is 7.45. The molecule has 2 aromatic carbocycles. The van der Waals surface area contributed by atoms with Gasteiger partial charge in [-0.3, -0.25) is 24.6 Å². The monoisotopic (exact) mass is 954 g/mol. The van der Waals surface area contributed by atoms with Crippen LogP contribution in [0.4, 0.5) is 13.2 Å². The summed E-state index contributed by atoms with van der Waals surface area (Å²) in [6, 6.07) is 25.3. The second kappa shape index (κ2) is 16.4. The Labute approximate surface area is 349 Å². The van der Waals surface area contributed by atoms with E-state index >= 15 is 0 Å². The van der Waals surface area contributed by atoms with E-state index in [0.29, 0.717) is 22.9 Å². The fourth-order valence-electron chi connectivity index (χ4n) is 5.60. The molecule has 57 heavy (non-hydrogen) atoms. The van der Waals surface area contributed by atoms with E-state index in [9.17, 15) is 13.2 Å². The van der Waals surface area contributed by atoms with Crippen molar-refractivity contribution < 1.29 is 33.3 Å². The molecule has 0 aliphatic heterocycles. The number of aromatic nitrogens is 8. The molecule has 4 aromatic heterocycles. The van der Waals surface area contributed by atoms with Gasteiger partial charge in [0.2, 0.25) is 0 Å². The SMILES string of the molecule is Cc1cc(-c2cc(C(C)(C)C)nc(-c3[c-]cc(C(C)(C)C)cc3)n2)[n-]n1.Cn1nc(-c2cc(C(C)(C)C)nc(-c3[c-]cc(C(C)(C)C)cc3)n2)cc1C(F)(F)F.[Ir+3]. The summed E-state index contributed by atoms with van der Waals surface area (Å²) in [6.45, 7) is 27.3. The summed E-state index contributed by atoms with van der Waals surface area (Å²) >= 11 is 0. The number of halogens is 3. The molecule has 6 aromatic rings. The predicted molar refractivity (Wildman–Crippen MR) is 216 cm³/mol. The third kappa shape index (κ3) is 11.1. The number of hydrogen-bond acceptors (Lipinski definition) is 6. The predicted octanol–water partition coefficient (Wildman–Crippen LogP) is 10.8. The first kappa shape index (κ1) is 45.2. The molecule has 0 unspecified atom stereocenters. The van der Waals surface area contributed by atoms with Crippen LogP contribution >= 0.6 is 0 Å². The maximum atomic E-state index is 13.2. The Kier molecular flexibility index (Phi) is 13.0. The van der Waals surface area contributed by atoms with Crippen molar-refractivity contribution in [2.75, 3.05) is 0 Å². The van der Waals surface area contributed by atoms with Crippen LogP contribution in [0.25, 0.3) is 45.6 Å². The summed E-state index contributed by atoms with van der Waals surface area (Å²) in [6.07, 6.45) is -4.49. The van der Waals surface area contributed by atoms with Crippen LogP contribution in [-0.2, 0) is 55.0 Å². The minimum Gasteiger partial charge on any atom is -0.574 e. The third-order valence-corrected chi connectivity index (χ3v) is 9.18. The van der Waals surface area contributed by atoms with Crippen LogP contribution in [-0.4, -0.2) is 34.8 Å². The topological polar surface area (TPSA) is 96.4 Å². The van der Waals surface area contributed by atoms with Gasteiger partial charge in [-0.1, -0.05) is 94.8 Å². The van der Waals surface area contributed by atoms with Gasteiger partial charge >= 0.3 is 26.3 Å². The summed E-state index contributed by atoms with van der Waals surface area (Å²) in [5.74, 6) is 1.09. The molecule has 0 amide bonds. The van der Waals surface area contributed by atoms with Crippen LogP contribution in [0.2, 0.25) is 0 Å². The van der Waals surface area contributed by atoms with Gasteiger partial charge in [0.1, 0.15) is 11.4 Å². The van der Waals surface area contributed by atoms with E-state index in [4.69, 9.17) is 9.97 Å². The Morgan fingerprint density at radius 1 is 0.579 bits per heavy atom. The molecule has 4 heterocycles. The molecule has 12 heteroatoms. The molecule has 0 bridgehead atoms. The molecule has 8 nitrogen and oxygen atoms in total. The fourth-order valence-corrected chi connectivity index (χ4v) is 5.60. The van der Waals surface area contributed by atoms with Crippen molar-refractivity contribution in [1.29, 1.82) is 0 Å². The van der Waals surface area contributed by atoms with Gasteiger partial charge in [-0.05, 0) is 36.0 Å². The van der Waals surface area contributed by atoms with E-state index < -0.39 is 11.9 Å². The summed E-state index contributed by atoms with van der Waals surface area (Å²) < 4.78 is 40.5. The standard InChI is InChI=1S/C23H26F3N4.C22H26N4.Ir/c1-21(2,3)15-10-8-14(9-11-15)20-27-16(12-18(28-20)22(4,5)6)17-13-19(23(24,25)26)30(7)29-17;1-14-12-18(26-25-14)17-13-19(22(5,6)7)24-20(23-17)15-8-10-16(11-9-15)21(2,3)4;/h8,10-13H,1-7H3;8,10-13H,1-7H3;/q-1;-2;+3. The summed E-state index contributed by atoms with van der Waals surface area (Å²) in [4.78, 5) is 18.8. The van der Waals surface area contributed by atoms with Gasteiger partial charge in [0.15, 0.2) is 0 Å². The molecule has 302 valence electrons. The first-order valence-electron chi connectivity index (χ1n) is 18.6. The number of alkyl halides is 3. The molecule has 0 fully saturated rings. The van der Waals surface area contributed by atoms with Gasteiger partial charge in [-0.2, -0.15) is 18.3 Å². The maximum Gasteiger partial charge on any atom is 3.00 e. The first-order chi connectivity index (χ1) is 25.7. The first-order valence-corrected chi connectivity index (χ1v) is 18.6.